The van der Waals surface area contributed by atoms with Crippen molar-refractivity contribution in [3.63, 3.8) is 0 Å². The molecule has 9 heteroatoms. The van der Waals surface area contributed by atoms with Gasteiger partial charge in [-0.25, -0.2) is 18.5 Å². The number of primary sulfonamides is 1. The van der Waals surface area contributed by atoms with Crippen molar-refractivity contribution in [3.8, 4) is 0 Å². The van der Waals surface area contributed by atoms with Crippen LogP contribution >= 0.6 is 24.0 Å². The fourth-order valence-corrected chi connectivity index (χ4v) is 4.04. The predicted molar refractivity (Wildman–Crippen MR) is 137 cm³/mol. The highest BCUT2D eigenvalue weighted by atomic mass is 127. The van der Waals surface area contributed by atoms with E-state index in [2.05, 4.69) is 51.7 Å². The summed E-state index contributed by atoms with van der Waals surface area (Å²) in [6.07, 6.45) is 2.51. The normalized spacial score (nSPS) is 15.3. The van der Waals surface area contributed by atoms with E-state index in [-0.39, 0.29) is 34.9 Å². The predicted octanol–water partition coefficient (Wildman–Crippen LogP) is 3.37. The molecule has 170 valence electrons. The molecule has 2 aromatic rings. The number of nitrogens with two attached hydrogens (primary N) is 1. The molecule has 3 rings (SSSR count). The number of benzene rings is 2. The third kappa shape index (κ3) is 7.36. The molecule has 1 aliphatic heterocycles. The third-order valence-electron chi connectivity index (χ3n) is 5.21. The van der Waals surface area contributed by atoms with Gasteiger partial charge in [0.05, 0.1) is 17.5 Å². The molecular weight excluding hydrogens is 525 g/mol. The standard InChI is InChI=1S/C22H31N5O2S.HI/c1-3-24-22(25-16-18-9-11-21(12-10-18)30(23,28)29)26-17(2)19-7-6-8-20(15-19)27-13-4-5-14-27;/h6-12,15,17H,3-5,13-14,16H2,1-2H3,(H2,23,28,29)(H2,24,25,26);1H. The molecule has 1 aliphatic rings. The van der Waals surface area contributed by atoms with Crippen molar-refractivity contribution in [1.29, 1.82) is 0 Å². The summed E-state index contributed by atoms with van der Waals surface area (Å²) in [5, 5.41) is 11.9. The van der Waals surface area contributed by atoms with Gasteiger partial charge in [-0.15, -0.1) is 24.0 Å². The summed E-state index contributed by atoms with van der Waals surface area (Å²) in [7, 11) is -3.68. The van der Waals surface area contributed by atoms with E-state index in [1.165, 1.54) is 36.2 Å². The first-order valence-electron chi connectivity index (χ1n) is 10.4. The average molecular weight is 558 g/mol. The van der Waals surface area contributed by atoms with Gasteiger partial charge in [0, 0.05) is 25.3 Å². The van der Waals surface area contributed by atoms with Gasteiger partial charge in [-0.3, -0.25) is 0 Å². The fraction of sp³-hybridized carbons (Fsp3) is 0.409. The number of nitrogens with one attached hydrogen (secondary N) is 2. The molecule has 0 bridgehead atoms. The third-order valence-corrected chi connectivity index (χ3v) is 6.14. The number of rotatable bonds is 7. The Bertz CT molecular complexity index is 974. The Hall–Kier alpha value is -1.85. The van der Waals surface area contributed by atoms with Gasteiger partial charge in [0.1, 0.15) is 0 Å². The fourth-order valence-electron chi connectivity index (χ4n) is 3.53. The minimum Gasteiger partial charge on any atom is -0.372 e. The monoisotopic (exact) mass is 557 g/mol. The lowest BCUT2D eigenvalue weighted by atomic mass is 10.1. The van der Waals surface area contributed by atoms with Gasteiger partial charge in [-0.1, -0.05) is 24.3 Å². The Balaban J connectivity index is 0.00000341. The van der Waals surface area contributed by atoms with Crippen LogP contribution in [0.2, 0.25) is 0 Å². The zero-order valence-corrected chi connectivity index (χ0v) is 21.2. The molecule has 0 radical (unpaired) electrons. The zero-order valence-electron chi connectivity index (χ0n) is 18.0. The van der Waals surface area contributed by atoms with E-state index in [0.717, 1.165) is 25.2 Å². The summed E-state index contributed by atoms with van der Waals surface area (Å²) in [5.41, 5.74) is 3.39. The number of anilines is 1. The van der Waals surface area contributed by atoms with E-state index in [4.69, 9.17) is 5.14 Å². The molecule has 1 heterocycles. The molecule has 0 amide bonds. The van der Waals surface area contributed by atoms with Crippen LogP contribution in [0, 0.1) is 0 Å². The second-order valence-corrected chi connectivity index (χ2v) is 9.10. The van der Waals surface area contributed by atoms with Gasteiger partial charge >= 0.3 is 0 Å². The van der Waals surface area contributed by atoms with Crippen LogP contribution in [0.25, 0.3) is 0 Å². The summed E-state index contributed by atoms with van der Waals surface area (Å²) >= 11 is 0. The smallest absolute Gasteiger partial charge is 0.238 e. The van der Waals surface area contributed by atoms with Crippen LogP contribution in [0.3, 0.4) is 0 Å². The number of nitrogens with zero attached hydrogens (tertiary/aromatic N) is 2. The van der Waals surface area contributed by atoms with Crippen molar-refractivity contribution in [1.82, 2.24) is 10.6 Å². The first-order chi connectivity index (χ1) is 14.4. The van der Waals surface area contributed by atoms with E-state index in [0.29, 0.717) is 12.5 Å². The molecule has 1 saturated heterocycles. The molecule has 0 aliphatic carbocycles. The number of sulfonamides is 1. The topological polar surface area (TPSA) is 99.8 Å². The van der Waals surface area contributed by atoms with Crippen molar-refractivity contribution < 1.29 is 8.42 Å². The van der Waals surface area contributed by atoms with Crippen LogP contribution < -0.4 is 20.7 Å². The van der Waals surface area contributed by atoms with Crippen molar-refractivity contribution >= 4 is 45.6 Å². The van der Waals surface area contributed by atoms with Gasteiger partial charge < -0.3 is 15.5 Å². The van der Waals surface area contributed by atoms with Crippen molar-refractivity contribution in [2.24, 2.45) is 10.1 Å². The largest absolute Gasteiger partial charge is 0.372 e. The van der Waals surface area contributed by atoms with Crippen LogP contribution in [0.5, 0.6) is 0 Å². The maximum absolute atomic E-state index is 11.4. The minimum absolute atomic E-state index is 0. The molecule has 0 saturated carbocycles. The second-order valence-electron chi connectivity index (χ2n) is 7.54. The molecule has 1 fully saturated rings. The maximum Gasteiger partial charge on any atom is 0.238 e. The lowest BCUT2D eigenvalue weighted by Crippen LogP contribution is -2.38. The number of hydrogen-bond donors (Lipinski definition) is 3. The molecule has 0 spiro atoms. The van der Waals surface area contributed by atoms with Crippen LogP contribution in [0.4, 0.5) is 5.69 Å². The summed E-state index contributed by atoms with van der Waals surface area (Å²) in [6.45, 7) is 7.57. The van der Waals surface area contributed by atoms with Crippen molar-refractivity contribution in [2.75, 3.05) is 24.5 Å². The molecule has 4 N–H and O–H groups in total. The van der Waals surface area contributed by atoms with E-state index < -0.39 is 10.0 Å². The van der Waals surface area contributed by atoms with Crippen LogP contribution in [-0.4, -0.2) is 34.0 Å². The van der Waals surface area contributed by atoms with E-state index in [9.17, 15) is 8.42 Å². The second kappa shape index (κ2) is 11.7. The highest BCUT2D eigenvalue weighted by molar-refractivity contribution is 14.0. The molecule has 7 nitrogen and oxygen atoms in total. The highest BCUT2D eigenvalue weighted by Gasteiger charge is 2.14. The Morgan fingerprint density at radius 1 is 1.16 bits per heavy atom. The number of hydrogen-bond acceptors (Lipinski definition) is 4. The van der Waals surface area contributed by atoms with Crippen LogP contribution in [0.1, 0.15) is 43.9 Å². The number of halogens is 1. The lowest BCUT2D eigenvalue weighted by molar-refractivity contribution is 0.597. The summed E-state index contributed by atoms with van der Waals surface area (Å²) in [6, 6.07) is 15.2. The first kappa shape index (κ1) is 25.4. The Morgan fingerprint density at radius 2 is 1.84 bits per heavy atom. The van der Waals surface area contributed by atoms with Gasteiger partial charge in [-0.05, 0) is 62.1 Å². The Labute approximate surface area is 202 Å². The summed E-state index contributed by atoms with van der Waals surface area (Å²) in [5.74, 6) is 0.715. The van der Waals surface area contributed by atoms with Gasteiger partial charge in [-0.2, -0.15) is 0 Å². The average Bonchev–Trinajstić information content (AvgIpc) is 3.27. The van der Waals surface area contributed by atoms with E-state index in [1.54, 1.807) is 12.1 Å². The van der Waals surface area contributed by atoms with Crippen LogP contribution in [0.15, 0.2) is 58.4 Å². The highest BCUT2D eigenvalue weighted by Crippen LogP contribution is 2.24. The molecule has 2 aromatic carbocycles. The van der Waals surface area contributed by atoms with E-state index >= 15 is 0 Å². The zero-order chi connectivity index (χ0) is 21.6. The van der Waals surface area contributed by atoms with E-state index in [1.807, 2.05) is 6.92 Å². The summed E-state index contributed by atoms with van der Waals surface area (Å²) < 4.78 is 22.8. The molecule has 0 aromatic heterocycles. The first-order valence-corrected chi connectivity index (χ1v) is 11.9. The van der Waals surface area contributed by atoms with Crippen molar-refractivity contribution in [3.05, 3.63) is 59.7 Å². The molecular formula is C22H32IN5O2S. The Kier molecular flexibility index (Phi) is 9.57. The van der Waals surface area contributed by atoms with Gasteiger partial charge in [0.15, 0.2) is 5.96 Å². The van der Waals surface area contributed by atoms with Gasteiger partial charge in [0.2, 0.25) is 10.0 Å². The number of aliphatic imine (C=N–C) groups is 1. The van der Waals surface area contributed by atoms with Gasteiger partial charge in [0.25, 0.3) is 0 Å². The minimum atomic E-state index is -3.68. The Morgan fingerprint density at radius 3 is 2.45 bits per heavy atom. The number of guanidine groups is 1. The van der Waals surface area contributed by atoms with Crippen LogP contribution in [-0.2, 0) is 16.6 Å². The lowest BCUT2D eigenvalue weighted by Gasteiger charge is -2.22. The SMILES string of the molecule is CCNC(=NCc1ccc(S(N)(=O)=O)cc1)NC(C)c1cccc(N2CCCC2)c1.I. The summed E-state index contributed by atoms with van der Waals surface area (Å²) in [4.78, 5) is 7.18. The molecule has 1 atom stereocenters. The quantitative estimate of drug-likeness (QED) is 0.276. The van der Waals surface area contributed by atoms with Crippen molar-refractivity contribution in [2.45, 2.75) is 44.2 Å². The molecule has 31 heavy (non-hydrogen) atoms. The maximum atomic E-state index is 11.4. The molecule has 1 unspecified atom stereocenters.